The summed E-state index contributed by atoms with van der Waals surface area (Å²) in [6, 6.07) is 0.484. The number of nitrogens with one attached hydrogen (secondary N) is 1. The Morgan fingerprint density at radius 1 is 1.39 bits per heavy atom. The van der Waals surface area contributed by atoms with Crippen LogP contribution in [-0.4, -0.2) is 37.0 Å². The normalized spacial score (nSPS) is 36.9. The van der Waals surface area contributed by atoms with E-state index in [2.05, 4.69) is 26.1 Å². The molecule has 1 N–H and O–H groups in total. The second-order valence-corrected chi connectivity index (χ2v) is 7.14. The molecule has 2 aliphatic rings. The zero-order valence-electron chi connectivity index (χ0n) is 12.5. The second-order valence-electron chi connectivity index (χ2n) is 7.14. The van der Waals surface area contributed by atoms with Gasteiger partial charge in [-0.3, -0.25) is 4.79 Å². The van der Waals surface area contributed by atoms with E-state index in [1.54, 1.807) is 4.90 Å². The maximum absolute atomic E-state index is 11.9. The highest BCUT2D eigenvalue weighted by atomic mass is 16.2. The molecule has 2 aliphatic carbocycles. The van der Waals surface area contributed by atoms with Crippen LogP contribution in [0.3, 0.4) is 0 Å². The van der Waals surface area contributed by atoms with Crippen LogP contribution >= 0.6 is 0 Å². The molecule has 2 saturated carbocycles. The molecule has 0 aromatic heterocycles. The van der Waals surface area contributed by atoms with Gasteiger partial charge in [-0.15, -0.1) is 0 Å². The number of hydrogen-bond donors (Lipinski definition) is 1. The number of amides is 1. The summed E-state index contributed by atoms with van der Waals surface area (Å²) in [4.78, 5) is 13.7. The van der Waals surface area contributed by atoms with Crippen LogP contribution in [0.5, 0.6) is 0 Å². The van der Waals surface area contributed by atoms with Crippen molar-refractivity contribution in [2.24, 2.45) is 16.7 Å². The molecule has 2 rings (SSSR count). The molecule has 2 fully saturated rings. The van der Waals surface area contributed by atoms with E-state index < -0.39 is 0 Å². The fourth-order valence-electron chi connectivity index (χ4n) is 4.31. The third-order valence-electron chi connectivity index (χ3n) is 5.63. The molecule has 1 unspecified atom stereocenters. The molecule has 0 aliphatic heterocycles. The van der Waals surface area contributed by atoms with Gasteiger partial charge in [0.05, 0.1) is 6.54 Å². The van der Waals surface area contributed by atoms with Gasteiger partial charge in [0.1, 0.15) is 0 Å². The van der Waals surface area contributed by atoms with Crippen LogP contribution in [-0.2, 0) is 4.79 Å². The molecule has 0 aromatic rings. The average Bonchev–Trinajstić information content (AvgIpc) is 2.78. The van der Waals surface area contributed by atoms with E-state index in [1.807, 2.05) is 14.0 Å². The van der Waals surface area contributed by atoms with Gasteiger partial charge in [-0.2, -0.15) is 0 Å². The van der Waals surface area contributed by atoms with Crippen molar-refractivity contribution in [3.8, 4) is 0 Å². The van der Waals surface area contributed by atoms with Gasteiger partial charge in [0, 0.05) is 19.6 Å². The van der Waals surface area contributed by atoms with Crippen LogP contribution in [0.4, 0.5) is 0 Å². The first-order chi connectivity index (χ1) is 8.31. The summed E-state index contributed by atoms with van der Waals surface area (Å²) in [5.41, 5.74) is 0.733. The molecular weight excluding hydrogens is 224 g/mol. The lowest BCUT2D eigenvalue weighted by molar-refractivity contribution is -0.129. The highest BCUT2D eigenvalue weighted by molar-refractivity contribution is 5.77. The van der Waals surface area contributed by atoms with Crippen molar-refractivity contribution in [2.45, 2.75) is 53.0 Å². The minimum absolute atomic E-state index is 0.208. The van der Waals surface area contributed by atoms with Gasteiger partial charge < -0.3 is 10.2 Å². The Kier molecular flexibility index (Phi) is 3.48. The molecule has 0 heterocycles. The third kappa shape index (κ3) is 2.07. The summed E-state index contributed by atoms with van der Waals surface area (Å²) in [5.74, 6) is 1.04. The van der Waals surface area contributed by atoms with Gasteiger partial charge in [0.2, 0.25) is 5.91 Å². The number of rotatable bonds is 4. The Bertz CT molecular complexity index is 335. The van der Waals surface area contributed by atoms with E-state index in [-0.39, 0.29) is 5.91 Å². The van der Waals surface area contributed by atoms with Gasteiger partial charge in [0.15, 0.2) is 0 Å². The van der Waals surface area contributed by atoms with Crippen molar-refractivity contribution in [1.29, 1.82) is 0 Å². The Balaban J connectivity index is 1.99. The van der Waals surface area contributed by atoms with Crippen molar-refractivity contribution in [1.82, 2.24) is 10.2 Å². The van der Waals surface area contributed by atoms with E-state index in [0.29, 0.717) is 23.4 Å². The minimum atomic E-state index is 0.208. The van der Waals surface area contributed by atoms with E-state index in [0.717, 1.165) is 12.5 Å². The Hall–Kier alpha value is -0.570. The highest BCUT2D eigenvalue weighted by Gasteiger charge is 2.58. The monoisotopic (exact) mass is 252 g/mol. The molecule has 0 saturated heterocycles. The maximum Gasteiger partial charge on any atom is 0.236 e. The summed E-state index contributed by atoms with van der Waals surface area (Å²) in [5, 5.41) is 3.57. The third-order valence-corrected chi connectivity index (χ3v) is 5.63. The van der Waals surface area contributed by atoms with Gasteiger partial charge >= 0.3 is 0 Å². The van der Waals surface area contributed by atoms with Gasteiger partial charge in [0.25, 0.3) is 0 Å². The molecule has 3 nitrogen and oxygen atoms in total. The fraction of sp³-hybridized carbons (Fsp3) is 0.933. The van der Waals surface area contributed by atoms with Gasteiger partial charge in [-0.05, 0) is 42.9 Å². The van der Waals surface area contributed by atoms with E-state index in [4.69, 9.17) is 0 Å². The number of likely N-dealkylation sites (N-methyl/N-ethyl adjacent to an activating group) is 1. The molecule has 104 valence electrons. The van der Waals surface area contributed by atoms with E-state index in [9.17, 15) is 4.79 Å². The van der Waals surface area contributed by atoms with Crippen LogP contribution < -0.4 is 5.32 Å². The van der Waals surface area contributed by atoms with Crippen molar-refractivity contribution < 1.29 is 4.79 Å². The van der Waals surface area contributed by atoms with Crippen LogP contribution in [0.2, 0.25) is 0 Å². The Morgan fingerprint density at radius 2 is 2.06 bits per heavy atom. The molecule has 0 aromatic carbocycles. The first kappa shape index (κ1) is 13.9. The van der Waals surface area contributed by atoms with Crippen LogP contribution in [0.25, 0.3) is 0 Å². The molecule has 2 bridgehead atoms. The molecular formula is C15H28N2O. The van der Waals surface area contributed by atoms with Gasteiger partial charge in [-0.1, -0.05) is 20.8 Å². The molecule has 0 radical (unpaired) electrons. The fourth-order valence-corrected chi connectivity index (χ4v) is 4.31. The molecule has 3 heteroatoms. The highest BCUT2D eigenvalue weighted by Crippen LogP contribution is 2.62. The number of hydrogen-bond acceptors (Lipinski definition) is 2. The van der Waals surface area contributed by atoms with Crippen molar-refractivity contribution in [2.75, 3.05) is 20.1 Å². The Morgan fingerprint density at radius 3 is 2.56 bits per heavy atom. The lowest BCUT2D eigenvalue weighted by Crippen LogP contribution is -2.52. The largest absolute Gasteiger partial charge is 0.345 e. The lowest BCUT2D eigenvalue weighted by atomic mass is 9.68. The SMILES string of the molecule is CCN(C)C(=O)CNC1C(C)(C)[C@H]2CC[C@]1(C)C2. The molecule has 0 spiro atoms. The summed E-state index contributed by atoms with van der Waals surface area (Å²) >= 11 is 0. The summed E-state index contributed by atoms with van der Waals surface area (Å²) < 4.78 is 0. The smallest absolute Gasteiger partial charge is 0.236 e. The Labute approximate surface area is 111 Å². The van der Waals surface area contributed by atoms with Crippen molar-refractivity contribution >= 4 is 5.91 Å². The predicted molar refractivity (Wildman–Crippen MR) is 74.3 cm³/mol. The molecule has 18 heavy (non-hydrogen) atoms. The van der Waals surface area contributed by atoms with Crippen molar-refractivity contribution in [3.05, 3.63) is 0 Å². The van der Waals surface area contributed by atoms with Crippen LogP contribution in [0.15, 0.2) is 0 Å². The van der Waals surface area contributed by atoms with E-state index >= 15 is 0 Å². The van der Waals surface area contributed by atoms with Crippen LogP contribution in [0, 0.1) is 16.7 Å². The van der Waals surface area contributed by atoms with Gasteiger partial charge in [-0.25, -0.2) is 0 Å². The maximum atomic E-state index is 11.9. The lowest BCUT2D eigenvalue weighted by Gasteiger charge is -2.43. The topological polar surface area (TPSA) is 32.3 Å². The summed E-state index contributed by atoms with van der Waals surface area (Å²) in [6.07, 6.45) is 4.01. The number of fused-ring (bicyclic) bond motifs is 2. The quantitative estimate of drug-likeness (QED) is 0.832. The zero-order chi connectivity index (χ0) is 13.6. The van der Waals surface area contributed by atoms with Crippen molar-refractivity contribution in [3.63, 3.8) is 0 Å². The number of carbonyl (C=O) groups is 1. The zero-order valence-corrected chi connectivity index (χ0v) is 12.5. The number of nitrogens with zero attached hydrogens (tertiary/aromatic N) is 1. The summed E-state index contributed by atoms with van der Waals surface area (Å²) in [7, 11) is 1.87. The molecule has 3 atom stereocenters. The predicted octanol–water partition coefficient (Wildman–Crippen LogP) is 2.27. The average molecular weight is 252 g/mol. The first-order valence-corrected chi connectivity index (χ1v) is 7.28. The van der Waals surface area contributed by atoms with Crippen LogP contribution in [0.1, 0.15) is 47.0 Å². The molecule has 1 amide bonds. The van der Waals surface area contributed by atoms with E-state index in [1.165, 1.54) is 19.3 Å². The summed E-state index contributed by atoms with van der Waals surface area (Å²) in [6.45, 7) is 10.4. The second kappa shape index (κ2) is 4.52. The first-order valence-electron chi connectivity index (χ1n) is 7.28. The number of carbonyl (C=O) groups excluding carboxylic acids is 1. The minimum Gasteiger partial charge on any atom is -0.345 e. The standard InChI is InChI=1S/C15H28N2O/c1-6-17(5)12(18)10-16-13-14(2,3)11-7-8-15(13,4)9-11/h11,13,16H,6-10H2,1-5H3/t11-,13?,15+/m0/s1.